The Bertz CT molecular complexity index is 917. The summed E-state index contributed by atoms with van der Waals surface area (Å²) in [6.07, 6.45) is 1.29. The second kappa shape index (κ2) is 10.5. The van der Waals surface area contributed by atoms with Gasteiger partial charge in [0.15, 0.2) is 6.10 Å². The molecule has 0 radical (unpaired) electrons. The van der Waals surface area contributed by atoms with E-state index in [-0.39, 0.29) is 17.9 Å². The monoisotopic (exact) mass is 443 g/mol. The van der Waals surface area contributed by atoms with Crippen molar-refractivity contribution in [1.82, 2.24) is 10.2 Å². The fourth-order valence-corrected chi connectivity index (χ4v) is 3.95. The Kier molecular flexibility index (Phi) is 7.80. The SMILES string of the molecule is Cc1ccc(NC(=O)NCC2CCCN(C(=O)C(C)Oc3ccc(Cl)cc3C)C2)cc1. The number of likely N-dealkylation sites (tertiary alicyclic amines) is 1. The van der Waals surface area contributed by atoms with E-state index < -0.39 is 6.10 Å². The predicted octanol–water partition coefficient (Wildman–Crippen LogP) is 4.78. The minimum atomic E-state index is -0.587. The molecule has 0 spiro atoms. The second-order valence-electron chi connectivity index (χ2n) is 8.16. The first-order valence-electron chi connectivity index (χ1n) is 10.6. The van der Waals surface area contributed by atoms with E-state index in [2.05, 4.69) is 10.6 Å². The maximum atomic E-state index is 12.9. The number of urea groups is 1. The number of carbonyl (C=O) groups is 2. The van der Waals surface area contributed by atoms with Gasteiger partial charge in [-0.15, -0.1) is 0 Å². The summed E-state index contributed by atoms with van der Waals surface area (Å²) >= 11 is 5.99. The fraction of sp³-hybridized carbons (Fsp3) is 0.417. The second-order valence-corrected chi connectivity index (χ2v) is 8.60. The molecule has 2 unspecified atom stereocenters. The third-order valence-electron chi connectivity index (χ3n) is 5.48. The van der Waals surface area contributed by atoms with Crippen molar-refractivity contribution >= 4 is 29.2 Å². The van der Waals surface area contributed by atoms with E-state index in [0.29, 0.717) is 30.4 Å². The molecule has 2 aromatic carbocycles. The highest BCUT2D eigenvalue weighted by atomic mass is 35.5. The smallest absolute Gasteiger partial charge is 0.319 e. The topological polar surface area (TPSA) is 70.7 Å². The molecule has 2 atom stereocenters. The van der Waals surface area contributed by atoms with Crippen molar-refractivity contribution in [2.24, 2.45) is 5.92 Å². The van der Waals surface area contributed by atoms with Gasteiger partial charge < -0.3 is 20.3 Å². The van der Waals surface area contributed by atoms with Crippen LogP contribution in [-0.2, 0) is 4.79 Å². The molecule has 0 saturated carbocycles. The minimum absolute atomic E-state index is 0.0387. The molecule has 7 heteroatoms. The first kappa shape index (κ1) is 22.9. The highest BCUT2D eigenvalue weighted by molar-refractivity contribution is 6.30. The Morgan fingerprint density at radius 3 is 2.65 bits per heavy atom. The van der Waals surface area contributed by atoms with Crippen LogP contribution in [0.2, 0.25) is 5.02 Å². The maximum Gasteiger partial charge on any atom is 0.319 e. The van der Waals surface area contributed by atoms with Crippen LogP contribution >= 0.6 is 11.6 Å². The van der Waals surface area contributed by atoms with Crippen LogP contribution in [0.25, 0.3) is 0 Å². The third kappa shape index (κ3) is 6.62. The van der Waals surface area contributed by atoms with Gasteiger partial charge in [0, 0.05) is 30.3 Å². The van der Waals surface area contributed by atoms with Gasteiger partial charge in [-0.3, -0.25) is 4.79 Å². The maximum absolute atomic E-state index is 12.9. The van der Waals surface area contributed by atoms with Gasteiger partial charge in [0.2, 0.25) is 0 Å². The molecule has 0 bridgehead atoms. The number of hydrogen-bond acceptors (Lipinski definition) is 3. The molecule has 1 saturated heterocycles. The van der Waals surface area contributed by atoms with E-state index in [4.69, 9.17) is 16.3 Å². The van der Waals surface area contributed by atoms with E-state index in [9.17, 15) is 9.59 Å². The number of anilines is 1. The molecule has 1 fully saturated rings. The van der Waals surface area contributed by atoms with E-state index in [1.165, 1.54) is 0 Å². The molecule has 31 heavy (non-hydrogen) atoms. The van der Waals surface area contributed by atoms with Gasteiger partial charge in [-0.05, 0) is 75.4 Å². The number of aryl methyl sites for hydroxylation is 2. The number of rotatable bonds is 6. The van der Waals surface area contributed by atoms with Gasteiger partial charge in [-0.2, -0.15) is 0 Å². The molecule has 0 aromatic heterocycles. The van der Waals surface area contributed by atoms with Crippen molar-refractivity contribution in [2.75, 3.05) is 25.0 Å². The number of halogens is 1. The van der Waals surface area contributed by atoms with Crippen molar-refractivity contribution in [3.63, 3.8) is 0 Å². The number of carbonyl (C=O) groups excluding carboxylic acids is 2. The standard InChI is InChI=1S/C24H30ClN3O3/c1-16-6-9-21(10-7-16)27-24(30)26-14-19-5-4-12-28(15-19)23(29)18(3)31-22-11-8-20(25)13-17(22)2/h6-11,13,18-19H,4-5,12,14-15H2,1-3H3,(H2,26,27,30). The van der Waals surface area contributed by atoms with Crippen molar-refractivity contribution in [2.45, 2.75) is 39.7 Å². The van der Waals surface area contributed by atoms with Crippen LogP contribution in [0.4, 0.5) is 10.5 Å². The van der Waals surface area contributed by atoms with Crippen LogP contribution in [0.3, 0.4) is 0 Å². The lowest BCUT2D eigenvalue weighted by molar-refractivity contribution is -0.139. The zero-order chi connectivity index (χ0) is 22.4. The van der Waals surface area contributed by atoms with Gasteiger partial charge in [0.25, 0.3) is 5.91 Å². The Morgan fingerprint density at radius 2 is 1.94 bits per heavy atom. The number of amides is 3. The molecule has 166 valence electrons. The van der Waals surface area contributed by atoms with Gasteiger partial charge in [-0.25, -0.2) is 4.79 Å². The molecule has 1 heterocycles. The Labute approximate surface area is 188 Å². The van der Waals surface area contributed by atoms with Crippen molar-refractivity contribution in [1.29, 1.82) is 0 Å². The van der Waals surface area contributed by atoms with Crippen molar-refractivity contribution < 1.29 is 14.3 Å². The predicted molar refractivity (Wildman–Crippen MR) is 124 cm³/mol. The number of benzene rings is 2. The lowest BCUT2D eigenvalue weighted by atomic mass is 9.97. The molecule has 2 N–H and O–H groups in total. The van der Waals surface area contributed by atoms with Crippen LogP contribution in [0.15, 0.2) is 42.5 Å². The minimum Gasteiger partial charge on any atom is -0.481 e. The zero-order valence-corrected chi connectivity index (χ0v) is 19.0. The Balaban J connectivity index is 1.48. The van der Waals surface area contributed by atoms with E-state index in [0.717, 1.165) is 29.7 Å². The van der Waals surface area contributed by atoms with E-state index in [1.807, 2.05) is 49.1 Å². The average molecular weight is 444 g/mol. The van der Waals surface area contributed by atoms with Crippen LogP contribution in [0.5, 0.6) is 5.75 Å². The summed E-state index contributed by atoms with van der Waals surface area (Å²) in [5.74, 6) is 0.836. The first-order chi connectivity index (χ1) is 14.8. The normalized spacial score (nSPS) is 17.0. The molecular formula is C24H30ClN3O3. The zero-order valence-electron chi connectivity index (χ0n) is 18.3. The van der Waals surface area contributed by atoms with E-state index in [1.54, 1.807) is 19.1 Å². The van der Waals surface area contributed by atoms with Crippen LogP contribution in [0, 0.1) is 19.8 Å². The molecule has 3 amide bonds. The lowest BCUT2D eigenvalue weighted by Gasteiger charge is -2.34. The summed E-state index contributed by atoms with van der Waals surface area (Å²) in [6, 6.07) is 12.8. The molecule has 1 aliphatic rings. The van der Waals surface area contributed by atoms with Crippen LogP contribution < -0.4 is 15.4 Å². The van der Waals surface area contributed by atoms with Crippen LogP contribution in [-0.4, -0.2) is 42.6 Å². The van der Waals surface area contributed by atoms with Gasteiger partial charge in [-0.1, -0.05) is 29.3 Å². The first-order valence-corrected chi connectivity index (χ1v) is 11.0. The molecule has 6 nitrogen and oxygen atoms in total. The number of piperidine rings is 1. The summed E-state index contributed by atoms with van der Waals surface area (Å²) < 4.78 is 5.89. The van der Waals surface area contributed by atoms with Crippen LogP contribution in [0.1, 0.15) is 30.9 Å². The van der Waals surface area contributed by atoms with E-state index >= 15 is 0 Å². The summed E-state index contributed by atoms with van der Waals surface area (Å²) in [6.45, 7) is 7.51. The highest BCUT2D eigenvalue weighted by Crippen LogP contribution is 2.24. The average Bonchev–Trinajstić information content (AvgIpc) is 2.75. The third-order valence-corrected chi connectivity index (χ3v) is 5.71. The number of nitrogens with zero attached hydrogens (tertiary/aromatic N) is 1. The molecule has 0 aliphatic carbocycles. The fourth-order valence-electron chi connectivity index (χ4n) is 3.72. The molecule has 2 aromatic rings. The molecular weight excluding hydrogens is 414 g/mol. The number of nitrogens with one attached hydrogen (secondary N) is 2. The molecule has 1 aliphatic heterocycles. The van der Waals surface area contributed by atoms with Crippen molar-refractivity contribution in [3.8, 4) is 5.75 Å². The van der Waals surface area contributed by atoms with Gasteiger partial charge in [0.05, 0.1) is 0 Å². The summed E-state index contributed by atoms with van der Waals surface area (Å²) in [4.78, 5) is 26.9. The summed E-state index contributed by atoms with van der Waals surface area (Å²) in [5.41, 5.74) is 2.79. The quantitative estimate of drug-likeness (QED) is 0.674. The Hall–Kier alpha value is -2.73. The lowest BCUT2D eigenvalue weighted by Crippen LogP contribution is -2.48. The summed E-state index contributed by atoms with van der Waals surface area (Å²) in [7, 11) is 0. The highest BCUT2D eigenvalue weighted by Gasteiger charge is 2.28. The number of ether oxygens (including phenoxy) is 1. The largest absolute Gasteiger partial charge is 0.481 e. The van der Waals surface area contributed by atoms with Gasteiger partial charge in [0.1, 0.15) is 5.75 Å². The summed E-state index contributed by atoms with van der Waals surface area (Å²) in [5, 5.41) is 6.40. The van der Waals surface area contributed by atoms with Crippen molar-refractivity contribution in [3.05, 3.63) is 58.6 Å². The number of hydrogen-bond donors (Lipinski definition) is 2. The Morgan fingerprint density at radius 1 is 1.19 bits per heavy atom. The molecule has 3 rings (SSSR count). The van der Waals surface area contributed by atoms with Gasteiger partial charge >= 0.3 is 6.03 Å².